The predicted octanol–water partition coefficient (Wildman–Crippen LogP) is 3.13. The van der Waals surface area contributed by atoms with Gasteiger partial charge in [0.25, 0.3) is 0 Å². The van der Waals surface area contributed by atoms with E-state index in [0.717, 1.165) is 0 Å². The Morgan fingerprint density at radius 1 is 1.33 bits per heavy atom. The van der Waals surface area contributed by atoms with Crippen molar-refractivity contribution in [2.24, 2.45) is 0 Å². The highest BCUT2D eigenvalue weighted by Crippen LogP contribution is 2.21. The molecule has 1 fully saturated rings. The fraction of sp³-hybridized carbons (Fsp3) is 0.625. The lowest BCUT2D eigenvalue weighted by atomic mass is 9.96. The van der Waals surface area contributed by atoms with Crippen molar-refractivity contribution in [1.82, 2.24) is 10.2 Å². The van der Waals surface area contributed by atoms with Crippen molar-refractivity contribution in [2.45, 2.75) is 51.7 Å². The van der Waals surface area contributed by atoms with Crippen molar-refractivity contribution in [3.05, 3.63) is 35.4 Å². The third-order valence-electron chi connectivity index (χ3n) is 4.35. The fourth-order valence-corrected chi connectivity index (χ4v) is 2.96. The summed E-state index contributed by atoms with van der Waals surface area (Å²) in [6.45, 7) is 8.02. The summed E-state index contributed by atoms with van der Waals surface area (Å²) in [6, 6.07) is 10.5. The molecule has 0 saturated carbocycles. The second-order valence-corrected chi connectivity index (χ2v) is 5.80. The maximum Gasteiger partial charge on any atom is 0.0296 e. The summed E-state index contributed by atoms with van der Waals surface area (Å²) in [5.41, 5.74) is 2.82. The van der Waals surface area contributed by atoms with E-state index < -0.39 is 0 Å². The van der Waals surface area contributed by atoms with Gasteiger partial charge in [-0.3, -0.25) is 0 Å². The molecule has 0 aromatic heterocycles. The van der Waals surface area contributed by atoms with Gasteiger partial charge in [0, 0.05) is 18.1 Å². The van der Waals surface area contributed by atoms with Gasteiger partial charge in [-0.25, -0.2) is 0 Å². The quantitative estimate of drug-likeness (QED) is 0.881. The molecule has 0 amide bonds. The molecule has 0 spiro atoms. The molecule has 2 rings (SSSR count). The first kappa shape index (κ1) is 13.6. The molecule has 3 atom stereocenters. The van der Waals surface area contributed by atoms with E-state index in [1.54, 1.807) is 0 Å². The van der Waals surface area contributed by atoms with Crippen molar-refractivity contribution >= 4 is 0 Å². The maximum absolute atomic E-state index is 3.80. The van der Waals surface area contributed by atoms with Crippen LogP contribution in [0.2, 0.25) is 0 Å². The Kier molecular flexibility index (Phi) is 4.41. The van der Waals surface area contributed by atoms with Crippen molar-refractivity contribution in [2.75, 3.05) is 13.6 Å². The normalized spacial score (nSPS) is 27.1. The zero-order chi connectivity index (χ0) is 13.1. The summed E-state index contributed by atoms with van der Waals surface area (Å²) < 4.78 is 0. The van der Waals surface area contributed by atoms with Crippen LogP contribution in [0.3, 0.4) is 0 Å². The molecule has 18 heavy (non-hydrogen) atoms. The molecule has 1 heterocycles. The van der Waals surface area contributed by atoms with E-state index in [1.165, 1.54) is 30.5 Å². The van der Waals surface area contributed by atoms with E-state index in [0.29, 0.717) is 18.1 Å². The average molecular weight is 246 g/mol. The molecule has 100 valence electrons. The van der Waals surface area contributed by atoms with Gasteiger partial charge >= 0.3 is 0 Å². The smallest absolute Gasteiger partial charge is 0.0296 e. The van der Waals surface area contributed by atoms with Gasteiger partial charge in [0.1, 0.15) is 0 Å². The van der Waals surface area contributed by atoms with Gasteiger partial charge in [-0.05, 0) is 58.3 Å². The lowest BCUT2D eigenvalue weighted by Gasteiger charge is -2.37. The number of benzene rings is 1. The first-order chi connectivity index (χ1) is 8.58. The Morgan fingerprint density at radius 3 is 2.72 bits per heavy atom. The monoisotopic (exact) mass is 246 g/mol. The fourth-order valence-electron chi connectivity index (χ4n) is 2.96. The van der Waals surface area contributed by atoms with Gasteiger partial charge in [-0.15, -0.1) is 0 Å². The number of likely N-dealkylation sites (tertiary alicyclic amines) is 1. The van der Waals surface area contributed by atoms with E-state index in [9.17, 15) is 0 Å². The van der Waals surface area contributed by atoms with Gasteiger partial charge in [0.15, 0.2) is 0 Å². The summed E-state index contributed by atoms with van der Waals surface area (Å²) in [4.78, 5) is 2.45. The van der Waals surface area contributed by atoms with Crippen LogP contribution in [0.25, 0.3) is 0 Å². The van der Waals surface area contributed by atoms with E-state index in [2.05, 4.69) is 62.3 Å². The van der Waals surface area contributed by atoms with Crippen LogP contribution in [0.4, 0.5) is 0 Å². The Labute approximate surface area is 111 Å². The van der Waals surface area contributed by atoms with Crippen molar-refractivity contribution in [3.8, 4) is 0 Å². The second kappa shape index (κ2) is 5.85. The number of hydrogen-bond acceptors (Lipinski definition) is 2. The summed E-state index contributed by atoms with van der Waals surface area (Å²) in [7, 11) is 2.23. The molecule has 1 aliphatic rings. The Morgan fingerprint density at radius 2 is 2.06 bits per heavy atom. The highest BCUT2D eigenvalue weighted by Gasteiger charge is 2.24. The minimum atomic E-state index is 0.451. The van der Waals surface area contributed by atoms with Crippen LogP contribution in [0, 0.1) is 6.92 Å². The van der Waals surface area contributed by atoms with Crippen molar-refractivity contribution in [3.63, 3.8) is 0 Å². The molecule has 1 aliphatic heterocycles. The highest BCUT2D eigenvalue weighted by atomic mass is 15.1. The zero-order valence-corrected chi connectivity index (χ0v) is 12.1. The first-order valence-electron chi connectivity index (χ1n) is 7.09. The standard InChI is InChI=1S/C16H26N2/c1-12-7-5-6-8-16(12)14(3)17-15-9-10-18(4)13(2)11-15/h5-8,13-15,17H,9-11H2,1-4H3/t13?,14-,15?/m1/s1. The van der Waals surface area contributed by atoms with Gasteiger partial charge in [-0.1, -0.05) is 24.3 Å². The summed E-state index contributed by atoms with van der Waals surface area (Å²) >= 11 is 0. The minimum absolute atomic E-state index is 0.451. The average Bonchev–Trinajstić information content (AvgIpc) is 2.34. The minimum Gasteiger partial charge on any atom is -0.307 e. The largest absolute Gasteiger partial charge is 0.307 e. The number of nitrogens with one attached hydrogen (secondary N) is 1. The van der Waals surface area contributed by atoms with Crippen LogP contribution in [-0.2, 0) is 0 Å². The van der Waals surface area contributed by atoms with E-state index >= 15 is 0 Å². The van der Waals surface area contributed by atoms with Gasteiger partial charge < -0.3 is 10.2 Å². The number of nitrogens with zero attached hydrogens (tertiary/aromatic N) is 1. The molecular weight excluding hydrogens is 220 g/mol. The van der Waals surface area contributed by atoms with Crippen LogP contribution in [-0.4, -0.2) is 30.6 Å². The molecular formula is C16H26N2. The first-order valence-corrected chi connectivity index (χ1v) is 7.09. The summed E-state index contributed by atoms with van der Waals surface area (Å²) in [5.74, 6) is 0. The van der Waals surface area contributed by atoms with E-state index in [4.69, 9.17) is 0 Å². The van der Waals surface area contributed by atoms with Crippen LogP contribution in [0.1, 0.15) is 43.9 Å². The maximum atomic E-state index is 3.80. The zero-order valence-electron chi connectivity index (χ0n) is 12.1. The second-order valence-electron chi connectivity index (χ2n) is 5.80. The van der Waals surface area contributed by atoms with Crippen LogP contribution in [0.15, 0.2) is 24.3 Å². The predicted molar refractivity (Wildman–Crippen MR) is 77.8 cm³/mol. The Balaban J connectivity index is 1.96. The van der Waals surface area contributed by atoms with E-state index in [1.807, 2.05) is 0 Å². The van der Waals surface area contributed by atoms with Crippen LogP contribution in [0.5, 0.6) is 0 Å². The molecule has 1 aromatic carbocycles. The number of aryl methyl sites for hydroxylation is 1. The molecule has 2 nitrogen and oxygen atoms in total. The Bertz CT molecular complexity index is 388. The molecule has 1 N–H and O–H groups in total. The molecule has 2 heteroatoms. The van der Waals surface area contributed by atoms with Gasteiger partial charge in [-0.2, -0.15) is 0 Å². The number of piperidine rings is 1. The van der Waals surface area contributed by atoms with Crippen LogP contribution < -0.4 is 5.32 Å². The topological polar surface area (TPSA) is 15.3 Å². The number of rotatable bonds is 3. The van der Waals surface area contributed by atoms with Crippen LogP contribution >= 0.6 is 0 Å². The Hall–Kier alpha value is -0.860. The molecule has 0 radical (unpaired) electrons. The third-order valence-corrected chi connectivity index (χ3v) is 4.35. The van der Waals surface area contributed by atoms with E-state index in [-0.39, 0.29) is 0 Å². The third kappa shape index (κ3) is 3.12. The molecule has 1 aromatic rings. The highest BCUT2D eigenvalue weighted by molar-refractivity contribution is 5.28. The summed E-state index contributed by atoms with van der Waals surface area (Å²) in [6.07, 6.45) is 2.52. The molecule has 2 unspecified atom stereocenters. The number of hydrogen-bond donors (Lipinski definition) is 1. The molecule has 1 saturated heterocycles. The SMILES string of the molecule is Cc1ccccc1[C@@H](C)NC1CCN(C)C(C)C1. The van der Waals surface area contributed by atoms with Gasteiger partial charge in [0.2, 0.25) is 0 Å². The lowest BCUT2D eigenvalue weighted by Crippen LogP contribution is -2.46. The van der Waals surface area contributed by atoms with Crippen molar-refractivity contribution in [1.29, 1.82) is 0 Å². The summed E-state index contributed by atoms with van der Waals surface area (Å²) in [5, 5.41) is 3.80. The molecule has 0 bridgehead atoms. The van der Waals surface area contributed by atoms with Gasteiger partial charge in [0.05, 0.1) is 0 Å². The molecule has 0 aliphatic carbocycles. The lowest BCUT2D eigenvalue weighted by molar-refractivity contribution is 0.163. The van der Waals surface area contributed by atoms with Crippen molar-refractivity contribution < 1.29 is 0 Å².